The maximum atomic E-state index is 11.6. The molecule has 0 bridgehead atoms. The second-order valence-electron chi connectivity index (χ2n) is 5.42. The summed E-state index contributed by atoms with van der Waals surface area (Å²) in [5, 5.41) is -1.33. The van der Waals surface area contributed by atoms with Crippen molar-refractivity contribution >= 4 is 40.7 Å². The van der Waals surface area contributed by atoms with Gasteiger partial charge in [0, 0.05) is 25.1 Å². The molecule has 144 valence electrons. The zero-order chi connectivity index (χ0) is 18.6. The van der Waals surface area contributed by atoms with Gasteiger partial charge in [-0.3, -0.25) is 28.3 Å². The van der Waals surface area contributed by atoms with Gasteiger partial charge >= 0.3 is 35.5 Å². The number of hydrogen-bond acceptors (Lipinski definition) is 9. The Balaban J connectivity index is 0.00000338. The molecule has 13 heteroatoms. The molecule has 0 radical (unpaired) electrons. The van der Waals surface area contributed by atoms with E-state index in [4.69, 9.17) is 0 Å². The molecule has 0 aromatic carbocycles. The molecule has 4 amide bonds. The standard InChI is InChI=1S/C14H16N2O8S.Na.H2O/c17-10-5-6-11(18)15(10)7-3-1-2-4-13(20)24-16-12(19)8-9(14(16)21)25(22)23;;/h5-6,9H,1-4,7-8H2,(H,22,23);;1H2/q;+1;/p-2. The van der Waals surface area contributed by atoms with Crippen molar-refractivity contribution in [2.24, 2.45) is 0 Å². The number of nitrogens with zero attached hydrogens (tertiary/aromatic N) is 2. The second-order valence-corrected chi connectivity index (χ2v) is 6.51. The van der Waals surface area contributed by atoms with Crippen molar-refractivity contribution in [3.63, 3.8) is 0 Å². The first-order valence-electron chi connectivity index (χ1n) is 7.50. The summed E-state index contributed by atoms with van der Waals surface area (Å²) < 4.78 is 21.6. The maximum absolute atomic E-state index is 11.6. The largest absolute Gasteiger partial charge is 1.00 e. The topological polar surface area (TPSA) is 171 Å². The summed E-state index contributed by atoms with van der Waals surface area (Å²) >= 11 is -2.76. The molecule has 1 saturated heterocycles. The van der Waals surface area contributed by atoms with Gasteiger partial charge in [-0.05, 0) is 23.9 Å². The van der Waals surface area contributed by atoms with Crippen molar-refractivity contribution in [2.45, 2.75) is 37.4 Å². The van der Waals surface area contributed by atoms with Crippen LogP contribution >= 0.6 is 0 Å². The Morgan fingerprint density at radius 3 is 2.26 bits per heavy atom. The van der Waals surface area contributed by atoms with Crippen LogP contribution < -0.4 is 29.6 Å². The molecule has 27 heavy (non-hydrogen) atoms. The summed E-state index contributed by atoms with van der Waals surface area (Å²) in [6.45, 7) is 0.236. The number of rotatable bonds is 8. The van der Waals surface area contributed by atoms with E-state index in [0.29, 0.717) is 19.3 Å². The molecule has 0 aliphatic carbocycles. The quantitative estimate of drug-likeness (QED) is 0.166. The van der Waals surface area contributed by atoms with Crippen molar-refractivity contribution < 1.29 is 72.6 Å². The summed E-state index contributed by atoms with van der Waals surface area (Å²) in [5.74, 6) is -3.55. The molecule has 2 atom stereocenters. The molecule has 2 unspecified atom stereocenters. The molecule has 0 aromatic heterocycles. The third-order valence-electron chi connectivity index (χ3n) is 3.65. The Bertz CT molecular complexity index is 663. The van der Waals surface area contributed by atoms with E-state index in [0.717, 1.165) is 4.90 Å². The second kappa shape index (κ2) is 11.4. The van der Waals surface area contributed by atoms with Crippen LogP contribution in [-0.4, -0.2) is 65.6 Å². The number of hydrogen-bond donors (Lipinski definition) is 0. The van der Waals surface area contributed by atoms with Gasteiger partial charge in [-0.25, -0.2) is 4.79 Å². The normalized spacial score (nSPS) is 19.8. The van der Waals surface area contributed by atoms with Gasteiger partial charge in [-0.15, -0.1) is 5.06 Å². The van der Waals surface area contributed by atoms with E-state index in [-0.39, 0.29) is 64.9 Å². The van der Waals surface area contributed by atoms with Gasteiger partial charge in [0.1, 0.15) is 5.25 Å². The van der Waals surface area contributed by atoms with Gasteiger partial charge in [0.05, 0.1) is 6.42 Å². The summed E-state index contributed by atoms with van der Waals surface area (Å²) in [6.07, 6.45) is 3.09. The molecule has 11 nitrogen and oxygen atoms in total. The Kier molecular flexibility index (Phi) is 10.8. The first kappa shape index (κ1) is 25.6. The van der Waals surface area contributed by atoms with Crippen molar-refractivity contribution in [3.05, 3.63) is 12.2 Å². The van der Waals surface area contributed by atoms with E-state index in [2.05, 4.69) is 4.84 Å². The third kappa shape index (κ3) is 6.59. The van der Waals surface area contributed by atoms with Gasteiger partial charge in [0.15, 0.2) is 0 Å². The summed E-state index contributed by atoms with van der Waals surface area (Å²) in [5.41, 5.74) is 0. The molecule has 0 spiro atoms. The molecule has 0 saturated carbocycles. The molecule has 2 heterocycles. The van der Waals surface area contributed by atoms with Crippen molar-refractivity contribution in [2.75, 3.05) is 6.54 Å². The predicted molar refractivity (Wildman–Crippen MR) is 81.5 cm³/mol. The van der Waals surface area contributed by atoms with Crippen molar-refractivity contribution in [3.8, 4) is 0 Å². The van der Waals surface area contributed by atoms with Crippen molar-refractivity contribution in [1.29, 1.82) is 0 Å². The zero-order valence-electron chi connectivity index (χ0n) is 14.5. The first-order valence-corrected chi connectivity index (χ1v) is 8.64. The van der Waals surface area contributed by atoms with Crippen LogP contribution in [-0.2, 0) is 39.9 Å². The fourth-order valence-electron chi connectivity index (χ4n) is 2.34. The minimum atomic E-state index is -2.76. The molecule has 2 aliphatic rings. The van der Waals surface area contributed by atoms with Gasteiger partial charge in [0.2, 0.25) is 0 Å². The third-order valence-corrected chi connectivity index (χ3v) is 4.48. The average Bonchev–Trinajstić information content (AvgIpc) is 3.01. The molecule has 1 N–H and O–H groups in total. The van der Waals surface area contributed by atoms with Crippen LogP contribution in [0.2, 0.25) is 0 Å². The SMILES string of the molecule is O=C(CCCCCN1C(=O)C=CC1=O)ON1C(=O)CC(S(=O)[O-])C1=O.[Na+].[OH-]. The van der Waals surface area contributed by atoms with Gasteiger partial charge in [-0.2, -0.15) is 0 Å². The number of carbonyl (C=O) groups excluding carboxylic acids is 5. The molecular formula is C14H16N2NaO9S-. The van der Waals surface area contributed by atoms with Crippen LogP contribution in [0.5, 0.6) is 0 Å². The summed E-state index contributed by atoms with van der Waals surface area (Å²) in [7, 11) is 0. The van der Waals surface area contributed by atoms with E-state index in [1.807, 2.05) is 0 Å². The van der Waals surface area contributed by atoms with Crippen LogP contribution in [0.15, 0.2) is 12.2 Å². The Morgan fingerprint density at radius 1 is 1.15 bits per heavy atom. The zero-order valence-corrected chi connectivity index (χ0v) is 17.3. The number of unbranched alkanes of at least 4 members (excludes halogenated alkanes) is 2. The van der Waals surface area contributed by atoms with Crippen LogP contribution in [0.3, 0.4) is 0 Å². The Morgan fingerprint density at radius 2 is 1.74 bits per heavy atom. The van der Waals surface area contributed by atoms with E-state index in [9.17, 15) is 32.7 Å². The number of amides is 4. The van der Waals surface area contributed by atoms with Gasteiger partial charge < -0.3 is 14.9 Å². The maximum Gasteiger partial charge on any atom is 1.00 e. The molecule has 2 rings (SSSR count). The van der Waals surface area contributed by atoms with E-state index in [1.165, 1.54) is 12.2 Å². The fourth-order valence-corrected chi connectivity index (χ4v) is 2.88. The smallest absolute Gasteiger partial charge is 0.870 e. The van der Waals surface area contributed by atoms with E-state index < -0.39 is 40.5 Å². The first-order chi connectivity index (χ1) is 11.8. The number of hydroxylamine groups is 2. The molecule has 0 aromatic rings. The Labute approximate surface area is 178 Å². The van der Waals surface area contributed by atoms with Crippen LogP contribution in [0, 0.1) is 0 Å². The van der Waals surface area contributed by atoms with Crippen LogP contribution in [0.4, 0.5) is 0 Å². The molecular weight excluding hydrogens is 395 g/mol. The van der Waals surface area contributed by atoms with Crippen LogP contribution in [0.1, 0.15) is 32.1 Å². The average molecular weight is 411 g/mol. The van der Waals surface area contributed by atoms with Gasteiger partial charge in [0.25, 0.3) is 23.6 Å². The minimum Gasteiger partial charge on any atom is -0.870 e. The molecule has 1 fully saturated rings. The Hall–Kier alpha value is -1.44. The summed E-state index contributed by atoms with van der Waals surface area (Å²) in [6, 6.07) is 0. The number of carbonyl (C=O) groups is 5. The fraction of sp³-hybridized carbons (Fsp3) is 0.500. The minimum absolute atomic E-state index is 0. The molecule has 2 aliphatic heterocycles. The van der Waals surface area contributed by atoms with E-state index in [1.54, 1.807) is 0 Å². The van der Waals surface area contributed by atoms with Crippen LogP contribution in [0.25, 0.3) is 0 Å². The van der Waals surface area contributed by atoms with E-state index >= 15 is 0 Å². The monoisotopic (exact) mass is 411 g/mol. The van der Waals surface area contributed by atoms with Gasteiger partial charge in [-0.1, -0.05) is 6.42 Å². The predicted octanol–water partition coefficient (Wildman–Crippen LogP) is -4.24. The number of imide groups is 2. The summed E-state index contributed by atoms with van der Waals surface area (Å²) in [4.78, 5) is 63.1. The van der Waals surface area contributed by atoms with Crippen molar-refractivity contribution in [1.82, 2.24) is 9.96 Å².